The molecule has 0 aromatic rings. The molecule has 0 N–H and O–H groups in total. The first kappa shape index (κ1) is 18.2. The van der Waals surface area contributed by atoms with Gasteiger partial charge in [-0.2, -0.15) is 0 Å². The van der Waals surface area contributed by atoms with Crippen LogP contribution in [0.25, 0.3) is 0 Å². The largest absolute Gasteiger partial charge is 0.493 e. The van der Waals surface area contributed by atoms with Crippen molar-refractivity contribution in [2.45, 2.75) is 59.8 Å². The number of allylic oxidation sites excluding steroid dienone is 5. The average Bonchev–Trinajstić information content (AvgIpc) is 2.57. The van der Waals surface area contributed by atoms with Gasteiger partial charge in [0.05, 0.1) is 7.11 Å². The predicted octanol–water partition coefficient (Wildman–Crippen LogP) is 4.78. The fraction of sp³-hybridized carbons (Fsp3) is 0.636. The van der Waals surface area contributed by atoms with E-state index in [9.17, 15) is 9.59 Å². The van der Waals surface area contributed by atoms with Crippen LogP contribution in [0.5, 0.6) is 0 Å². The third-order valence-electron chi connectivity index (χ3n) is 7.49. The molecule has 3 aliphatic carbocycles. The molecule has 3 heteroatoms. The zero-order valence-corrected chi connectivity index (χ0v) is 16.1. The Bertz CT molecular complexity index is 696. The molecule has 0 spiro atoms. The van der Waals surface area contributed by atoms with Crippen molar-refractivity contribution in [3.8, 4) is 0 Å². The van der Waals surface area contributed by atoms with E-state index in [1.165, 1.54) is 31.3 Å². The molecule has 0 saturated heterocycles. The fourth-order valence-electron chi connectivity index (χ4n) is 5.53. The van der Waals surface area contributed by atoms with Crippen molar-refractivity contribution in [2.75, 3.05) is 7.11 Å². The number of fused-ring (bicyclic) bond motifs is 1. The molecule has 136 valence electrons. The zero-order chi connectivity index (χ0) is 18.4. The lowest BCUT2D eigenvalue weighted by molar-refractivity contribution is -0.118. The maximum atomic E-state index is 12.7. The summed E-state index contributed by atoms with van der Waals surface area (Å²) in [6.45, 7) is 9.32. The van der Waals surface area contributed by atoms with Gasteiger partial charge in [-0.15, -0.1) is 0 Å². The van der Waals surface area contributed by atoms with E-state index in [0.29, 0.717) is 23.8 Å². The molecule has 1 saturated carbocycles. The smallest absolute Gasteiger partial charge is 0.223 e. The van der Waals surface area contributed by atoms with Crippen LogP contribution in [0.2, 0.25) is 0 Å². The standard InChI is InChI=1S/C22H30O3/c1-14-7-6-8-19-21(14,3)10-9-15(2)22(19,4)13-16-11-17(23)12-18(25-5)20(16)24/h7,11-12,15,19H,6,8-10,13H2,1-5H3/t15-,19+,21+,22+/m0/s1. The number of rotatable bonds is 3. The van der Waals surface area contributed by atoms with Crippen molar-refractivity contribution in [2.24, 2.45) is 22.7 Å². The van der Waals surface area contributed by atoms with Crippen LogP contribution in [0.1, 0.15) is 59.8 Å². The fourth-order valence-corrected chi connectivity index (χ4v) is 5.53. The number of ketones is 2. The van der Waals surface area contributed by atoms with Gasteiger partial charge in [-0.1, -0.05) is 32.4 Å². The molecule has 1 fully saturated rings. The zero-order valence-electron chi connectivity index (χ0n) is 16.1. The number of hydrogen-bond donors (Lipinski definition) is 0. The van der Waals surface area contributed by atoms with Crippen molar-refractivity contribution >= 4 is 11.6 Å². The molecule has 0 amide bonds. The van der Waals surface area contributed by atoms with Gasteiger partial charge in [0.15, 0.2) is 11.5 Å². The van der Waals surface area contributed by atoms with Gasteiger partial charge in [-0.05, 0) is 67.8 Å². The van der Waals surface area contributed by atoms with Gasteiger partial charge in [0.1, 0.15) is 0 Å². The van der Waals surface area contributed by atoms with Crippen molar-refractivity contribution in [1.82, 2.24) is 0 Å². The Morgan fingerprint density at radius 2 is 1.92 bits per heavy atom. The summed E-state index contributed by atoms with van der Waals surface area (Å²) in [4.78, 5) is 24.7. The summed E-state index contributed by atoms with van der Waals surface area (Å²) in [5.41, 5.74) is 2.34. The molecular formula is C22H30O3. The highest BCUT2D eigenvalue weighted by Crippen LogP contribution is 2.62. The van der Waals surface area contributed by atoms with Gasteiger partial charge < -0.3 is 4.74 Å². The molecule has 4 atom stereocenters. The van der Waals surface area contributed by atoms with Crippen molar-refractivity contribution < 1.29 is 14.3 Å². The van der Waals surface area contributed by atoms with Crippen LogP contribution in [0.3, 0.4) is 0 Å². The Hall–Kier alpha value is -1.64. The van der Waals surface area contributed by atoms with Gasteiger partial charge >= 0.3 is 0 Å². The maximum Gasteiger partial charge on any atom is 0.223 e. The van der Waals surface area contributed by atoms with Crippen LogP contribution in [0.4, 0.5) is 0 Å². The first-order chi connectivity index (χ1) is 11.7. The van der Waals surface area contributed by atoms with Crippen LogP contribution in [-0.2, 0) is 14.3 Å². The van der Waals surface area contributed by atoms with Gasteiger partial charge in [-0.3, -0.25) is 9.59 Å². The summed E-state index contributed by atoms with van der Waals surface area (Å²) in [5.74, 6) is 0.982. The Labute approximate surface area is 151 Å². The monoisotopic (exact) mass is 342 g/mol. The van der Waals surface area contributed by atoms with Gasteiger partial charge in [-0.25, -0.2) is 0 Å². The Kier molecular flexibility index (Phi) is 4.55. The second-order valence-electron chi connectivity index (χ2n) is 8.67. The number of Topliss-reactive ketones (excluding diaryl/α,β-unsaturated/α-hetero) is 1. The van der Waals surface area contributed by atoms with E-state index in [0.717, 1.165) is 19.3 Å². The highest BCUT2D eigenvalue weighted by Gasteiger charge is 2.53. The van der Waals surface area contributed by atoms with E-state index in [4.69, 9.17) is 4.74 Å². The number of ether oxygens (including phenoxy) is 1. The molecule has 3 rings (SSSR count). The van der Waals surface area contributed by atoms with Crippen LogP contribution in [0.15, 0.2) is 35.1 Å². The summed E-state index contributed by atoms with van der Waals surface area (Å²) in [7, 11) is 1.46. The highest BCUT2D eigenvalue weighted by atomic mass is 16.5. The second-order valence-corrected chi connectivity index (χ2v) is 8.67. The van der Waals surface area contributed by atoms with E-state index >= 15 is 0 Å². The van der Waals surface area contributed by atoms with Crippen molar-refractivity contribution in [3.05, 3.63) is 35.1 Å². The average molecular weight is 342 g/mol. The quantitative estimate of drug-likeness (QED) is 0.547. The van der Waals surface area contributed by atoms with E-state index in [2.05, 4.69) is 33.8 Å². The minimum atomic E-state index is -0.138. The van der Waals surface area contributed by atoms with Crippen molar-refractivity contribution in [3.63, 3.8) is 0 Å². The molecule has 25 heavy (non-hydrogen) atoms. The van der Waals surface area contributed by atoms with Gasteiger partial charge in [0, 0.05) is 11.6 Å². The van der Waals surface area contributed by atoms with E-state index in [1.54, 1.807) is 0 Å². The molecule has 0 aliphatic heterocycles. The number of carbonyl (C=O) groups excluding carboxylic acids is 2. The summed E-state index contributed by atoms with van der Waals surface area (Å²) < 4.78 is 5.14. The van der Waals surface area contributed by atoms with Gasteiger partial charge in [0.2, 0.25) is 5.78 Å². The normalized spacial score (nSPS) is 38.5. The predicted molar refractivity (Wildman–Crippen MR) is 98.9 cm³/mol. The number of carbonyl (C=O) groups is 2. The lowest BCUT2D eigenvalue weighted by Gasteiger charge is -2.58. The van der Waals surface area contributed by atoms with Crippen LogP contribution < -0.4 is 0 Å². The lowest BCUT2D eigenvalue weighted by atomic mass is 9.46. The number of hydrogen-bond acceptors (Lipinski definition) is 3. The van der Waals surface area contributed by atoms with Crippen LogP contribution >= 0.6 is 0 Å². The summed E-state index contributed by atoms with van der Waals surface area (Å²) >= 11 is 0. The van der Waals surface area contributed by atoms with Crippen molar-refractivity contribution in [1.29, 1.82) is 0 Å². The molecule has 0 aromatic carbocycles. The molecule has 3 nitrogen and oxygen atoms in total. The molecule has 0 radical (unpaired) electrons. The first-order valence-electron chi connectivity index (χ1n) is 9.44. The second kappa shape index (κ2) is 6.26. The molecule has 0 heterocycles. The molecule has 3 aliphatic rings. The third-order valence-corrected chi connectivity index (χ3v) is 7.49. The Morgan fingerprint density at radius 3 is 2.60 bits per heavy atom. The summed E-state index contributed by atoms with van der Waals surface area (Å²) in [5, 5.41) is 0. The SMILES string of the molecule is COC1=CC(=O)C=C(C[C@]2(C)[C@@H](C)CC[C@]3(C)C(C)=CCC[C@@H]23)C1=O. The number of methoxy groups -OCH3 is 1. The summed E-state index contributed by atoms with van der Waals surface area (Å²) in [6, 6.07) is 0. The summed E-state index contributed by atoms with van der Waals surface area (Å²) in [6.07, 6.45) is 10.5. The van der Waals surface area contributed by atoms with E-state index < -0.39 is 0 Å². The molecular weight excluding hydrogens is 312 g/mol. The minimum Gasteiger partial charge on any atom is -0.493 e. The Morgan fingerprint density at radius 1 is 1.20 bits per heavy atom. The Balaban J connectivity index is 1.96. The lowest BCUT2D eigenvalue weighted by Crippen LogP contribution is -2.50. The molecule has 0 bridgehead atoms. The van der Waals surface area contributed by atoms with Gasteiger partial charge in [0.25, 0.3) is 0 Å². The maximum absolute atomic E-state index is 12.7. The van der Waals surface area contributed by atoms with Crippen LogP contribution in [0, 0.1) is 22.7 Å². The molecule has 0 aromatic heterocycles. The molecule has 0 unspecified atom stereocenters. The first-order valence-corrected chi connectivity index (χ1v) is 9.44. The highest BCUT2D eigenvalue weighted by molar-refractivity contribution is 6.19. The topological polar surface area (TPSA) is 43.4 Å². The van der Waals surface area contributed by atoms with E-state index in [-0.39, 0.29) is 28.2 Å². The van der Waals surface area contributed by atoms with Crippen LogP contribution in [-0.4, -0.2) is 18.7 Å². The minimum absolute atomic E-state index is 0.0144. The van der Waals surface area contributed by atoms with E-state index in [1.807, 2.05) is 0 Å². The third kappa shape index (κ3) is 2.82.